The van der Waals surface area contributed by atoms with Crippen LogP contribution in [0, 0.1) is 17.8 Å². The maximum atomic E-state index is 4.51. The molecule has 0 saturated heterocycles. The van der Waals surface area contributed by atoms with Crippen molar-refractivity contribution < 1.29 is 0 Å². The highest BCUT2D eigenvalue weighted by Crippen LogP contribution is 2.52. The van der Waals surface area contributed by atoms with Crippen molar-refractivity contribution in [1.82, 2.24) is 10.3 Å². The van der Waals surface area contributed by atoms with Crippen LogP contribution in [0.25, 0.3) is 10.9 Å². The lowest BCUT2D eigenvalue weighted by molar-refractivity contribution is 0.260. The molecule has 2 saturated carbocycles. The summed E-state index contributed by atoms with van der Waals surface area (Å²) in [5.74, 6) is 2.76. The average molecular weight is 266 g/mol. The van der Waals surface area contributed by atoms with E-state index in [0.29, 0.717) is 6.04 Å². The topological polar surface area (TPSA) is 24.9 Å². The van der Waals surface area contributed by atoms with Gasteiger partial charge in [0.05, 0.1) is 5.52 Å². The zero-order valence-corrected chi connectivity index (χ0v) is 12.0. The zero-order chi connectivity index (χ0) is 13.5. The molecule has 2 aliphatic rings. The summed E-state index contributed by atoms with van der Waals surface area (Å²) < 4.78 is 0. The highest BCUT2D eigenvalue weighted by Gasteiger charge is 2.43. The van der Waals surface area contributed by atoms with Crippen LogP contribution < -0.4 is 5.32 Å². The molecule has 4 rings (SSSR count). The fraction of sp³-hybridized carbons (Fsp3) is 0.500. The van der Waals surface area contributed by atoms with Gasteiger partial charge in [-0.25, -0.2) is 0 Å². The van der Waals surface area contributed by atoms with E-state index < -0.39 is 0 Å². The predicted molar refractivity (Wildman–Crippen MR) is 82.5 cm³/mol. The van der Waals surface area contributed by atoms with Crippen molar-refractivity contribution in [1.29, 1.82) is 0 Å². The van der Waals surface area contributed by atoms with Crippen LogP contribution in [0.4, 0.5) is 0 Å². The SMILES string of the molecule is CNC(c1ccc2cccnc2c1)C1CC2CCC1C2. The van der Waals surface area contributed by atoms with Gasteiger partial charge >= 0.3 is 0 Å². The molecular formula is C18H22N2. The van der Waals surface area contributed by atoms with Crippen LogP contribution in [-0.2, 0) is 0 Å². The summed E-state index contributed by atoms with van der Waals surface area (Å²) in [5, 5.41) is 4.82. The second kappa shape index (κ2) is 4.85. The molecule has 2 heteroatoms. The smallest absolute Gasteiger partial charge is 0.0705 e. The molecule has 2 bridgehead atoms. The average Bonchev–Trinajstić information content (AvgIpc) is 3.11. The quantitative estimate of drug-likeness (QED) is 0.910. The molecule has 2 aromatic rings. The van der Waals surface area contributed by atoms with Crippen LogP contribution in [-0.4, -0.2) is 12.0 Å². The number of nitrogens with one attached hydrogen (secondary N) is 1. The van der Waals surface area contributed by atoms with Gasteiger partial charge in [0.25, 0.3) is 0 Å². The Kier molecular flexibility index (Phi) is 2.99. The maximum Gasteiger partial charge on any atom is 0.0705 e. The molecule has 104 valence electrons. The Hall–Kier alpha value is -1.41. The molecule has 0 spiro atoms. The van der Waals surface area contributed by atoms with Gasteiger partial charge in [0.2, 0.25) is 0 Å². The Balaban J connectivity index is 1.68. The zero-order valence-electron chi connectivity index (χ0n) is 12.0. The van der Waals surface area contributed by atoms with E-state index in [0.717, 1.165) is 23.3 Å². The van der Waals surface area contributed by atoms with E-state index in [4.69, 9.17) is 0 Å². The number of hydrogen-bond donors (Lipinski definition) is 1. The normalized spacial score (nSPS) is 29.9. The summed E-state index contributed by atoms with van der Waals surface area (Å²) >= 11 is 0. The first-order valence-corrected chi connectivity index (χ1v) is 7.87. The Labute approximate surface area is 120 Å². The molecule has 4 unspecified atom stereocenters. The van der Waals surface area contributed by atoms with Crippen molar-refractivity contribution in [3.63, 3.8) is 0 Å². The van der Waals surface area contributed by atoms with Gasteiger partial charge < -0.3 is 5.32 Å². The number of rotatable bonds is 3. The van der Waals surface area contributed by atoms with Crippen LogP contribution in [0.3, 0.4) is 0 Å². The summed E-state index contributed by atoms with van der Waals surface area (Å²) in [7, 11) is 2.11. The third-order valence-electron chi connectivity index (χ3n) is 5.52. The van der Waals surface area contributed by atoms with Gasteiger partial charge in [-0.05, 0) is 61.8 Å². The summed E-state index contributed by atoms with van der Waals surface area (Å²) in [6.45, 7) is 0. The standard InChI is InChI=1S/C18H22N2/c1-19-18(16-10-12-4-5-14(16)9-12)15-7-6-13-3-2-8-20-17(13)11-15/h2-3,6-8,11-12,14,16,18-19H,4-5,9-10H2,1H3. The summed E-state index contributed by atoms with van der Waals surface area (Å²) in [6.07, 6.45) is 7.68. The molecule has 0 radical (unpaired) electrons. The number of hydrogen-bond acceptors (Lipinski definition) is 2. The lowest BCUT2D eigenvalue weighted by Gasteiger charge is -2.30. The number of pyridine rings is 1. The minimum atomic E-state index is 0.497. The summed E-state index contributed by atoms with van der Waals surface area (Å²) in [4.78, 5) is 4.51. The van der Waals surface area contributed by atoms with Gasteiger partial charge in [0.15, 0.2) is 0 Å². The van der Waals surface area contributed by atoms with E-state index in [1.54, 1.807) is 0 Å². The molecule has 1 heterocycles. The van der Waals surface area contributed by atoms with Crippen LogP contribution in [0.15, 0.2) is 36.5 Å². The fourth-order valence-electron chi connectivity index (χ4n) is 4.61. The van der Waals surface area contributed by atoms with Gasteiger partial charge in [-0.1, -0.05) is 24.6 Å². The first kappa shape index (κ1) is 12.3. The molecule has 20 heavy (non-hydrogen) atoms. The third kappa shape index (κ3) is 1.94. The van der Waals surface area contributed by atoms with Crippen molar-refractivity contribution in [3.8, 4) is 0 Å². The van der Waals surface area contributed by atoms with Gasteiger partial charge in [0.1, 0.15) is 0 Å². The van der Waals surface area contributed by atoms with Crippen molar-refractivity contribution >= 4 is 10.9 Å². The Morgan fingerprint density at radius 3 is 2.90 bits per heavy atom. The first-order valence-electron chi connectivity index (χ1n) is 7.87. The summed E-state index contributed by atoms with van der Waals surface area (Å²) in [5.41, 5.74) is 2.53. The molecule has 0 aliphatic heterocycles. The highest BCUT2D eigenvalue weighted by atomic mass is 14.9. The van der Waals surface area contributed by atoms with Gasteiger partial charge in [-0.15, -0.1) is 0 Å². The number of benzene rings is 1. The minimum Gasteiger partial charge on any atom is -0.313 e. The Morgan fingerprint density at radius 1 is 1.20 bits per heavy atom. The van der Waals surface area contributed by atoms with E-state index in [1.807, 2.05) is 12.3 Å². The lowest BCUT2D eigenvalue weighted by Crippen LogP contribution is -2.28. The van der Waals surface area contributed by atoms with Crippen LogP contribution in [0.5, 0.6) is 0 Å². The van der Waals surface area contributed by atoms with E-state index in [1.165, 1.54) is 36.6 Å². The van der Waals surface area contributed by atoms with Gasteiger partial charge in [0, 0.05) is 17.6 Å². The van der Waals surface area contributed by atoms with E-state index in [2.05, 4.69) is 41.6 Å². The molecule has 1 aromatic carbocycles. The molecule has 4 atom stereocenters. The van der Waals surface area contributed by atoms with E-state index in [9.17, 15) is 0 Å². The lowest BCUT2D eigenvalue weighted by atomic mass is 9.80. The van der Waals surface area contributed by atoms with Crippen LogP contribution in [0.1, 0.15) is 37.3 Å². The van der Waals surface area contributed by atoms with Crippen molar-refractivity contribution in [2.45, 2.75) is 31.7 Å². The largest absolute Gasteiger partial charge is 0.313 e. The molecule has 1 N–H and O–H groups in total. The molecule has 2 nitrogen and oxygen atoms in total. The Morgan fingerprint density at radius 2 is 2.15 bits per heavy atom. The van der Waals surface area contributed by atoms with Crippen molar-refractivity contribution in [2.75, 3.05) is 7.05 Å². The Bertz CT molecular complexity index is 622. The molecule has 0 amide bonds. The highest BCUT2D eigenvalue weighted by molar-refractivity contribution is 5.79. The predicted octanol–water partition coefficient (Wildman–Crippen LogP) is 3.93. The second-order valence-corrected chi connectivity index (χ2v) is 6.56. The monoisotopic (exact) mass is 266 g/mol. The second-order valence-electron chi connectivity index (χ2n) is 6.56. The third-order valence-corrected chi connectivity index (χ3v) is 5.52. The summed E-state index contributed by atoms with van der Waals surface area (Å²) in [6, 6.07) is 11.4. The van der Waals surface area contributed by atoms with Crippen LogP contribution in [0.2, 0.25) is 0 Å². The van der Waals surface area contributed by atoms with Gasteiger partial charge in [-0.3, -0.25) is 4.98 Å². The van der Waals surface area contributed by atoms with Crippen LogP contribution >= 0.6 is 0 Å². The van der Waals surface area contributed by atoms with Crippen molar-refractivity contribution in [2.24, 2.45) is 17.8 Å². The molecule has 2 fully saturated rings. The number of aromatic nitrogens is 1. The van der Waals surface area contributed by atoms with E-state index in [-0.39, 0.29) is 0 Å². The molecular weight excluding hydrogens is 244 g/mol. The first-order chi connectivity index (χ1) is 9.85. The van der Waals surface area contributed by atoms with E-state index >= 15 is 0 Å². The number of nitrogens with zero attached hydrogens (tertiary/aromatic N) is 1. The fourth-order valence-corrected chi connectivity index (χ4v) is 4.61. The molecule has 2 aliphatic carbocycles. The maximum absolute atomic E-state index is 4.51. The minimum absolute atomic E-state index is 0.497. The van der Waals surface area contributed by atoms with Crippen molar-refractivity contribution in [3.05, 3.63) is 42.1 Å². The van der Waals surface area contributed by atoms with Gasteiger partial charge in [-0.2, -0.15) is 0 Å². The number of fused-ring (bicyclic) bond motifs is 3. The molecule has 1 aromatic heterocycles.